The number of para-hydroxylation sites is 1. The Morgan fingerprint density at radius 3 is 2.37 bits per heavy atom. The van der Waals surface area contributed by atoms with Crippen LogP contribution in [0.15, 0.2) is 40.0 Å². The molecule has 5 rings (SSSR count). The molecule has 1 saturated carbocycles. The molecule has 0 spiro atoms. The van der Waals surface area contributed by atoms with Gasteiger partial charge in [-0.3, -0.25) is 19.1 Å². The van der Waals surface area contributed by atoms with Crippen molar-refractivity contribution < 1.29 is 4.79 Å². The number of nitrogens with zero attached hydrogens (tertiary/aromatic N) is 5. The third-order valence-corrected chi connectivity index (χ3v) is 9.11. The van der Waals surface area contributed by atoms with E-state index in [1.807, 2.05) is 38.1 Å². The molecule has 7 nitrogen and oxygen atoms in total. The highest BCUT2D eigenvalue weighted by Gasteiger charge is 2.38. The van der Waals surface area contributed by atoms with Gasteiger partial charge in [0.2, 0.25) is 0 Å². The fourth-order valence-corrected chi connectivity index (χ4v) is 7.20. The van der Waals surface area contributed by atoms with E-state index in [-0.39, 0.29) is 23.1 Å². The molecule has 1 aliphatic carbocycles. The van der Waals surface area contributed by atoms with Gasteiger partial charge in [0.15, 0.2) is 0 Å². The maximum atomic E-state index is 13.5. The average Bonchev–Trinajstić information content (AvgIpc) is 3.55. The smallest absolute Gasteiger partial charge is 0.270 e. The Morgan fingerprint density at radius 2 is 1.74 bits per heavy atom. The van der Waals surface area contributed by atoms with Gasteiger partial charge in [-0.05, 0) is 50.0 Å². The molecule has 1 amide bonds. The Kier molecular flexibility index (Phi) is 7.91. The zero-order valence-corrected chi connectivity index (χ0v) is 23.6. The van der Waals surface area contributed by atoms with E-state index in [0.29, 0.717) is 21.3 Å². The van der Waals surface area contributed by atoms with E-state index in [2.05, 4.69) is 28.0 Å². The third-order valence-electron chi connectivity index (χ3n) is 7.78. The average molecular weight is 548 g/mol. The molecule has 3 heterocycles. The van der Waals surface area contributed by atoms with Gasteiger partial charge in [0, 0.05) is 50.0 Å². The minimum Gasteiger partial charge on any atom is -0.368 e. The summed E-state index contributed by atoms with van der Waals surface area (Å²) in [5.74, 6) is 0.741. The fourth-order valence-electron chi connectivity index (χ4n) is 5.82. The number of carbonyl (C=O) groups is 1. The van der Waals surface area contributed by atoms with Crippen molar-refractivity contribution in [2.24, 2.45) is 0 Å². The largest absolute Gasteiger partial charge is 0.368 e. The van der Waals surface area contributed by atoms with Gasteiger partial charge in [0.25, 0.3) is 11.5 Å². The van der Waals surface area contributed by atoms with Crippen LogP contribution in [0.25, 0.3) is 6.08 Å². The molecular weight excluding hydrogens is 514 g/mol. The number of carbonyl (C=O) groups excluding carboxylic acids is 1. The zero-order chi connectivity index (χ0) is 26.8. The number of hydrogen-bond donors (Lipinski definition) is 0. The Balaban J connectivity index is 1.56. The van der Waals surface area contributed by atoms with E-state index < -0.39 is 0 Å². The standard InChI is InChI=1S/C29H33N5O2S2/c1-3-13-33-26(32-16-14-31(15-17-32)21-9-5-4-6-10-21)23(20(2)24(19-30)27(33)35)18-25-28(36)34(29(37)38-25)22-11-7-8-12-22/h4-6,9-10,18,22H,3,7-8,11-17H2,1-2H3/b25-18+. The molecule has 2 aliphatic heterocycles. The van der Waals surface area contributed by atoms with Crippen molar-refractivity contribution in [1.82, 2.24) is 9.47 Å². The summed E-state index contributed by atoms with van der Waals surface area (Å²) >= 11 is 6.97. The fraction of sp³-hybridized carbons (Fsp3) is 0.448. The van der Waals surface area contributed by atoms with Crippen molar-refractivity contribution in [3.63, 3.8) is 0 Å². The van der Waals surface area contributed by atoms with Gasteiger partial charge in [0.05, 0.1) is 4.91 Å². The number of benzene rings is 1. The molecule has 0 bridgehead atoms. The predicted molar refractivity (Wildman–Crippen MR) is 159 cm³/mol. The number of hydrogen-bond acceptors (Lipinski definition) is 7. The number of nitriles is 1. The van der Waals surface area contributed by atoms with Gasteiger partial charge < -0.3 is 9.80 Å². The van der Waals surface area contributed by atoms with Crippen LogP contribution in [0.2, 0.25) is 0 Å². The maximum absolute atomic E-state index is 13.5. The highest BCUT2D eigenvalue weighted by molar-refractivity contribution is 8.26. The number of anilines is 2. The molecule has 2 aromatic rings. The van der Waals surface area contributed by atoms with Crippen molar-refractivity contribution in [1.29, 1.82) is 5.26 Å². The van der Waals surface area contributed by atoms with Crippen LogP contribution in [0.1, 0.15) is 55.7 Å². The molecule has 0 atom stereocenters. The summed E-state index contributed by atoms with van der Waals surface area (Å²) in [5, 5.41) is 9.91. The van der Waals surface area contributed by atoms with Gasteiger partial charge in [-0.25, -0.2) is 0 Å². The number of amides is 1. The van der Waals surface area contributed by atoms with Gasteiger partial charge in [-0.1, -0.05) is 61.9 Å². The first-order valence-corrected chi connectivity index (χ1v) is 14.7. The molecule has 9 heteroatoms. The van der Waals surface area contributed by atoms with Crippen molar-refractivity contribution in [3.05, 3.63) is 62.3 Å². The Bertz CT molecular complexity index is 1360. The van der Waals surface area contributed by atoms with E-state index in [1.54, 1.807) is 9.47 Å². The second-order valence-electron chi connectivity index (χ2n) is 10.1. The molecule has 3 aliphatic rings. The zero-order valence-electron chi connectivity index (χ0n) is 22.0. The minimum atomic E-state index is -0.261. The van der Waals surface area contributed by atoms with Gasteiger partial charge >= 0.3 is 0 Å². The minimum absolute atomic E-state index is 0.0575. The van der Waals surface area contributed by atoms with Crippen LogP contribution in [0.5, 0.6) is 0 Å². The number of thiocarbonyl (C=S) groups is 1. The molecule has 38 heavy (non-hydrogen) atoms. The number of thioether (sulfide) groups is 1. The first-order chi connectivity index (χ1) is 18.4. The van der Waals surface area contributed by atoms with Crippen molar-refractivity contribution >= 4 is 51.8 Å². The van der Waals surface area contributed by atoms with Crippen LogP contribution in [-0.2, 0) is 11.3 Å². The van der Waals surface area contributed by atoms with E-state index in [4.69, 9.17) is 12.2 Å². The number of piperazine rings is 1. The topological polar surface area (TPSA) is 72.6 Å². The summed E-state index contributed by atoms with van der Waals surface area (Å²) in [7, 11) is 0. The number of pyridine rings is 1. The van der Waals surface area contributed by atoms with E-state index in [0.717, 1.165) is 69.7 Å². The summed E-state index contributed by atoms with van der Waals surface area (Å²) in [6, 6.07) is 12.7. The lowest BCUT2D eigenvalue weighted by molar-refractivity contribution is -0.123. The SMILES string of the molecule is CCCn1c(N2CCN(c3ccccc3)CC2)c(/C=C2/SC(=S)N(C3CCCC3)C2=O)c(C)c(C#N)c1=O. The maximum Gasteiger partial charge on any atom is 0.270 e. The van der Waals surface area contributed by atoms with Crippen molar-refractivity contribution in [3.8, 4) is 6.07 Å². The first-order valence-electron chi connectivity index (χ1n) is 13.4. The molecule has 3 fully saturated rings. The normalized spacial score (nSPS) is 19.6. The highest BCUT2D eigenvalue weighted by atomic mass is 32.2. The monoisotopic (exact) mass is 547 g/mol. The van der Waals surface area contributed by atoms with Crippen LogP contribution < -0.4 is 15.4 Å². The van der Waals surface area contributed by atoms with E-state index in [9.17, 15) is 14.9 Å². The number of aromatic nitrogens is 1. The lowest BCUT2D eigenvalue weighted by Crippen LogP contribution is -2.48. The molecule has 2 saturated heterocycles. The Hall–Kier alpha value is -3.09. The second-order valence-corrected chi connectivity index (χ2v) is 11.8. The molecular formula is C29H33N5O2S2. The van der Waals surface area contributed by atoms with Crippen LogP contribution in [0.3, 0.4) is 0 Å². The van der Waals surface area contributed by atoms with E-state index >= 15 is 0 Å². The lowest BCUT2D eigenvalue weighted by Gasteiger charge is -2.39. The molecule has 1 aromatic carbocycles. The number of rotatable bonds is 6. The highest BCUT2D eigenvalue weighted by Crippen LogP contribution is 2.39. The molecule has 0 radical (unpaired) electrons. The van der Waals surface area contributed by atoms with Gasteiger partial charge in [-0.2, -0.15) is 5.26 Å². The Morgan fingerprint density at radius 1 is 1.08 bits per heavy atom. The predicted octanol–water partition coefficient (Wildman–Crippen LogP) is 4.91. The third kappa shape index (κ3) is 4.87. The van der Waals surface area contributed by atoms with Crippen molar-refractivity contribution in [2.45, 2.75) is 58.5 Å². The Labute approximate surface area is 233 Å². The summed E-state index contributed by atoms with van der Waals surface area (Å²) in [6.07, 6.45) is 6.84. The van der Waals surface area contributed by atoms with Crippen LogP contribution >= 0.6 is 24.0 Å². The molecule has 1 aromatic heterocycles. The summed E-state index contributed by atoms with van der Waals surface area (Å²) in [6.45, 7) is 7.44. The van der Waals surface area contributed by atoms with Gasteiger partial charge in [0.1, 0.15) is 21.8 Å². The summed E-state index contributed by atoms with van der Waals surface area (Å²) in [5.41, 5.74) is 2.46. The van der Waals surface area contributed by atoms with Gasteiger partial charge in [-0.15, -0.1) is 0 Å². The molecule has 0 unspecified atom stereocenters. The lowest BCUT2D eigenvalue weighted by atomic mass is 10.0. The molecule has 198 valence electrons. The molecule has 0 N–H and O–H groups in total. The van der Waals surface area contributed by atoms with Crippen LogP contribution in [-0.4, -0.2) is 51.9 Å². The summed E-state index contributed by atoms with van der Waals surface area (Å²) < 4.78 is 2.35. The second kappa shape index (κ2) is 11.3. The van der Waals surface area contributed by atoms with Crippen LogP contribution in [0, 0.1) is 18.3 Å². The van der Waals surface area contributed by atoms with Crippen molar-refractivity contribution in [2.75, 3.05) is 36.0 Å². The first kappa shape index (κ1) is 26.5. The quantitative estimate of drug-likeness (QED) is 0.376. The van der Waals surface area contributed by atoms with E-state index in [1.165, 1.54) is 17.4 Å². The van der Waals surface area contributed by atoms with Crippen LogP contribution in [0.4, 0.5) is 11.5 Å². The summed E-state index contributed by atoms with van der Waals surface area (Å²) in [4.78, 5) is 34.0.